The molecular formula is C20H20N4O2. The number of anilines is 1. The third-order valence-corrected chi connectivity index (χ3v) is 4.66. The Bertz CT molecular complexity index is 946. The van der Waals surface area contributed by atoms with Crippen molar-refractivity contribution in [2.24, 2.45) is 0 Å². The predicted octanol–water partition coefficient (Wildman–Crippen LogP) is 3.18. The summed E-state index contributed by atoms with van der Waals surface area (Å²) in [6.45, 7) is 2.60. The van der Waals surface area contributed by atoms with Crippen molar-refractivity contribution in [3.05, 3.63) is 59.9 Å². The molecule has 6 nitrogen and oxygen atoms in total. The molecular weight excluding hydrogens is 328 g/mol. The van der Waals surface area contributed by atoms with E-state index in [1.54, 1.807) is 17.0 Å². The van der Waals surface area contributed by atoms with E-state index in [1.807, 2.05) is 43.3 Å². The summed E-state index contributed by atoms with van der Waals surface area (Å²) < 4.78 is 0. The number of carbonyl (C=O) groups excluding carboxylic acids is 2. The Hall–Kier alpha value is -3.15. The van der Waals surface area contributed by atoms with Crippen LogP contribution in [0.2, 0.25) is 0 Å². The van der Waals surface area contributed by atoms with E-state index in [1.165, 1.54) is 0 Å². The smallest absolute Gasteiger partial charge is 0.251 e. The number of hydrogen-bond donors (Lipinski definition) is 2. The van der Waals surface area contributed by atoms with Gasteiger partial charge in [-0.15, -0.1) is 0 Å². The zero-order chi connectivity index (χ0) is 18.1. The number of aromatic amines is 1. The second-order valence-electron chi connectivity index (χ2n) is 6.53. The second-order valence-corrected chi connectivity index (χ2v) is 6.53. The number of para-hydroxylation sites is 2. The van der Waals surface area contributed by atoms with Gasteiger partial charge >= 0.3 is 0 Å². The van der Waals surface area contributed by atoms with E-state index in [-0.39, 0.29) is 17.9 Å². The summed E-state index contributed by atoms with van der Waals surface area (Å²) in [5.41, 5.74) is 3.12. The molecule has 0 aliphatic carbocycles. The van der Waals surface area contributed by atoms with Crippen molar-refractivity contribution in [3.63, 3.8) is 0 Å². The van der Waals surface area contributed by atoms with E-state index in [9.17, 15) is 9.59 Å². The first-order valence-electron chi connectivity index (χ1n) is 8.78. The Labute approximate surface area is 151 Å². The molecule has 1 atom stereocenters. The number of amides is 2. The first-order valence-corrected chi connectivity index (χ1v) is 8.78. The van der Waals surface area contributed by atoms with Crippen LogP contribution in [0.1, 0.15) is 42.0 Å². The monoisotopic (exact) mass is 348 g/mol. The molecule has 0 radical (unpaired) electrons. The van der Waals surface area contributed by atoms with E-state index < -0.39 is 0 Å². The summed E-state index contributed by atoms with van der Waals surface area (Å²) >= 11 is 0. The molecule has 6 heteroatoms. The number of rotatable bonds is 4. The number of hydrogen-bond acceptors (Lipinski definition) is 3. The Morgan fingerprint density at radius 3 is 2.85 bits per heavy atom. The van der Waals surface area contributed by atoms with E-state index in [0.717, 1.165) is 23.1 Å². The molecule has 1 saturated heterocycles. The van der Waals surface area contributed by atoms with Crippen molar-refractivity contribution < 1.29 is 9.59 Å². The van der Waals surface area contributed by atoms with Gasteiger partial charge in [0.2, 0.25) is 5.91 Å². The van der Waals surface area contributed by atoms with Crippen LogP contribution in [0.15, 0.2) is 48.5 Å². The molecule has 3 aromatic rings. The maximum absolute atomic E-state index is 12.6. The van der Waals surface area contributed by atoms with Gasteiger partial charge in [0.1, 0.15) is 5.82 Å². The van der Waals surface area contributed by atoms with Gasteiger partial charge in [0.05, 0.1) is 17.1 Å². The Morgan fingerprint density at radius 1 is 1.23 bits per heavy atom. The van der Waals surface area contributed by atoms with Crippen LogP contribution in [0.5, 0.6) is 0 Å². The van der Waals surface area contributed by atoms with Crippen LogP contribution in [0.3, 0.4) is 0 Å². The van der Waals surface area contributed by atoms with Crippen molar-refractivity contribution in [2.75, 3.05) is 11.4 Å². The number of benzene rings is 2. The number of imidazole rings is 1. The fourth-order valence-corrected chi connectivity index (χ4v) is 3.26. The fourth-order valence-electron chi connectivity index (χ4n) is 3.26. The van der Waals surface area contributed by atoms with Crippen LogP contribution in [0.4, 0.5) is 5.69 Å². The summed E-state index contributed by atoms with van der Waals surface area (Å²) in [6, 6.07) is 14.7. The topological polar surface area (TPSA) is 78.1 Å². The Balaban J connectivity index is 1.51. The lowest BCUT2D eigenvalue weighted by atomic mass is 10.1. The van der Waals surface area contributed by atoms with Crippen LogP contribution in [0.25, 0.3) is 11.0 Å². The van der Waals surface area contributed by atoms with Gasteiger partial charge in [0.15, 0.2) is 0 Å². The third kappa shape index (κ3) is 3.06. The minimum absolute atomic E-state index is 0.109. The van der Waals surface area contributed by atoms with Crippen molar-refractivity contribution in [3.8, 4) is 0 Å². The molecule has 1 aliphatic rings. The lowest BCUT2D eigenvalue weighted by Gasteiger charge is -2.17. The summed E-state index contributed by atoms with van der Waals surface area (Å²) in [5.74, 6) is 0.634. The zero-order valence-electron chi connectivity index (χ0n) is 14.5. The summed E-state index contributed by atoms with van der Waals surface area (Å²) in [7, 11) is 0. The van der Waals surface area contributed by atoms with Crippen LogP contribution < -0.4 is 10.2 Å². The maximum Gasteiger partial charge on any atom is 0.251 e. The number of nitrogens with zero attached hydrogens (tertiary/aromatic N) is 2. The van der Waals surface area contributed by atoms with Gasteiger partial charge < -0.3 is 15.2 Å². The molecule has 1 aliphatic heterocycles. The third-order valence-electron chi connectivity index (χ3n) is 4.66. The molecule has 4 rings (SSSR count). The standard InChI is InChI=1S/C20H20N4O2/c1-13(19-22-16-8-2-3-9-17(16)23-19)21-20(26)14-6-4-7-15(12-14)24-11-5-10-18(24)25/h2-4,6-9,12-13H,5,10-11H2,1H3,(H,21,26)(H,22,23). The summed E-state index contributed by atoms with van der Waals surface area (Å²) in [5, 5.41) is 2.97. The van der Waals surface area contributed by atoms with E-state index in [4.69, 9.17) is 0 Å². The molecule has 1 unspecified atom stereocenters. The number of carbonyl (C=O) groups is 2. The fraction of sp³-hybridized carbons (Fsp3) is 0.250. The largest absolute Gasteiger partial charge is 0.342 e. The predicted molar refractivity (Wildman–Crippen MR) is 100 cm³/mol. The first kappa shape index (κ1) is 16.3. The summed E-state index contributed by atoms with van der Waals surface area (Å²) in [6.07, 6.45) is 1.43. The average Bonchev–Trinajstić information content (AvgIpc) is 3.27. The number of aromatic nitrogens is 2. The molecule has 2 amide bonds. The second kappa shape index (κ2) is 6.63. The van der Waals surface area contributed by atoms with E-state index >= 15 is 0 Å². The van der Waals surface area contributed by atoms with Gasteiger partial charge in [-0.1, -0.05) is 18.2 Å². The van der Waals surface area contributed by atoms with Crippen LogP contribution >= 0.6 is 0 Å². The molecule has 1 fully saturated rings. The highest BCUT2D eigenvalue weighted by Gasteiger charge is 2.22. The van der Waals surface area contributed by atoms with Crippen molar-refractivity contribution in [2.45, 2.75) is 25.8 Å². The molecule has 2 N–H and O–H groups in total. The normalized spacial score (nSPS) is 15.4. The van der Waals surface area contributed by atoms with Gasteiger partial charge in [-0.05, 0) is 43.7 Å². The van der Waals surface area contributed by atoms with Gasteiger partial charge in [-0.25, -0.2) is 4.98 Å². The minimum atomic E-state index is -0.257. The molecule has 0 spiro atoms. The molecule has 2 aromatic carbocycles. The Morgan fingerprint density at radius 2 is 2.08 bits per heavy atom. The van der Waals surface area contributed by atoms with Gasteiger partial charge in [0, 0.05) is 24.2 Å². The molecule has 0 saturated carbocycles. The van der Waals surface area contributed by atoms with Crippen LogP contribution in [0, 0.1) is 0 Å². The molecule has 0 bridgehead atoms. The highest BCUT2D eigenvalue weighted by atomic mass is 16.2. The highest BCUT2D eigenvalue weighted by Crippen LogP contribution is 2.23. The molecule has 1 aromatic heterocycles. The van der Waals surface area contributed by atoms with E-state index in [0.29, 0.717) is 24.4 Å². The highest BCUT2D eigenvalue weighted by molar-refractivity contribution is 5.99. The minimum Gasteiger partial charge on any atom is -0.342 e. The van der Waals surface area contributed by atoms with Crippen LogP contribution in [-0.2, 0) is 4.79 Å². The number of nitrogens with one attached hydrogen (secondary N) is 2. The zero-order valence-corrected chi connectivity index (χ0v) is 14.5. The SMILES string of the molecule is CC(NC(=O)c1cccc(N2CCCC2=O)c1)c1nc2ccccc2[nH]1. The first-order chi connectivity index (χ1) is 12.6. The van der Waals surface area contributed by atoms with Crippen LogP contribution in [-0.4, -0.2) is 28.3 Å². The van der Waals surface area contributed by atoms with Crippen molar-refractivity contribution in [1.29, 1.82) is 0 Å². The maximum atomic E-state index is 12.6. The Kier molecular flexibility index (Phi) is 4.16. The van der Waals surface area contributed by atoms with Gasteiger partial charge in [0.25, 0.3) is 5.91 Å². The van der Waals surface area contributed by atoms with Crippen molar-refractivity contribution >= 4 is 28.5 Å². The summed E-state index contributed by atoms with van der Waals surface area (Å²) in [4.78, 5) is 34.1. The quantitative estimate of drug-likeness (QED) is 0.760. The van der Waals surface area contributed by atoms with Gasteiger partial charge in [-0.3, -0.25) is 9.59 Å². The van der Waals surface area contributed by atoms with Crippen molar-refractivity contribution in [1.82, 2.24) is 15.3 Å². The van der Waals surface area contributed by atoms with Gasteiger partial charge in [-0.2, -0.15) is 0 Å². The molecule has 26 heavy (non-hydrogen) atoms. The lowest BCUT2D eigenvalue weighted by Crippen LogP contribution is -2.28. The van der Waals surface area contributed by atoms with E-state index in [2.05, 4.69) is 15.3 Å². The molecule has 132 valence electrons. The average molecular weight is 348 g/mol. The molecule has 2 heterocycles. The number of H-pyrrole nitrogens is 1. The number of fused-ring (bicyclic) bond motifs is 1. The lowest BCUT2D eigenvalue weighted by molar-refractivity contribution is -0.117.